The van der Waals surface area contributed by atoms with Gasteiger partial charge in [-0.1, -0.05) is 42.5 Å². The van der Waals surface area contributed by atoms with E-state index >= 15 is 0 Å². The molecule has 3 heterocycles. The van der Waals surface area contributed by atoms with Crippen LogP contribution in [0.25, 0.3) is 33.9 Å². The molecule has 6 rings (SSSR count). The highest BCUT2D eigenvalue weighted by Crippen LogP contribution is 2.32. The Labute approximate surface area is 273 Å². The van der Waals surface area contributed by atoms with Gasteiger partial charge in [0.25, 0.3) is 5.91 Å². The fourth-order valence-electron chi connectivity index (χ4n) is 6.32. The molecule has 2 aromatic heterocycles. The van der Waals surface area contributed by atoms with E-state index in [1.807, 2.05) is 45.9 Å². The predicted molar refractivity (Wildman–Crippen MR) is 185 cm³/mol. The third kappa shape index (κ3) is 6.67. The highest BCUT2D eigenvalue weighted by Gasteiger charge is 2.29. The number of carbonyl (C=O) groups is 2. The van der Waals surface area contributed by atoms with E-state index in [1.54, 1.807) is 18.3 Å². The summed E-state index contributed by atoms with van der Waals surface area (Å²) >= 11 is 0. The van der Waals surface area contributed by atoms with Gasteiger partial charge in [0.2, 0.25) is 5.91 Å². The number of benzene rings is 3. The monoisotopic (exact) mass is 632 g/mol. The van der Waals surface area contributed by atoms with Crippen LogP contribution in [0, 0.1) is 6.92 Å². The van der Waals surface area contributed by atoms with Crippen molar-refractivity contribution >= 4 is 34.5 Å². The molecule has 1 aliphatic heterocycles. The van der Waals surface area contributed by atoms with E-state index in [9.17, 15) is 9.59 Å². The van der Waals surface area contributed by atoms with E-state index < -0.39 is 11.9 Å². The molecular formula is C35H40N10O2. The van der Waals surface area contributed by atoms with E-state index in [0.717, 1.165) is 12.1 Å². The van der Waals surface area contributed by atoms with Crippen molar-refractivity contribution in [2.24, 2.45) is 22.2 Å². The van der Waals surface area contributed by atoms with E-state index in [4.69, 9.17) is 22.2 Å². The van der Waals surface area contributed by atoms with E-state index in [0.29, 0.717) is 66.4 Å². The lowest BCUT2D eigenvalue weighted by molar-refractivity contribution is -0.121. The van der Waals surface area contributed by atoms with Gasteiger partial charge < -0.3 is 36.6 Å². The number of nitrogens with zero attached hydrogens (tertiary/aromatic N) is 6. The Balaban J connectivity index is 1.33. The van der Waals surface area contributed by atoms with Crippen LogP contribution in [0.15, 0.2) is 84.0 Å². The van der Waals surface area contributed by atoms with Crippen LogP contribution in [0.4, 0.5) is 5.69 Å². The average Bonchev–Trinajstić information content (AvgIpc) is 3.70. The molecule has 1 saturated heterocycles. The first-order valence-electron chi connectivity index (χ1n) is 15.8. The van der Waals surface area contributed by atoms with Gasteiger partial charge in [0, 0.05) is 49.0 Å². The second-order valence-corrected chi connectivity index (χ2v) is 12.0. The zero-order valence-electron chi connectivity index (χ0n) is 26.6. The van der Waals surface area contributed by atoms with Gasteiger partial charge in [-0.3, -0.25) is 14.6 Å². The molecule has 2 amide bonds. The number of amides is 2. The van der Waals surface area contributed by atoms with Gasteiger partial charge >= 0.3 is 0 Å². The largest absolute Gasteiger partial charge is 0.370 e. The quantitative estimate of drug-likeness (QED) is 0.103. The summed E-state index contributed by atoms with van der Waals surface area (Å²) in [6.45, 7) is 6.52. The number of piperazine rings is 1. The van der Waals surface area contributed by atoms with Crippen molar-refractivity contribution in [3.63, 3.8) is 0 Å². The second kappa shape index (κ2) is 13.4. The zero-order chi connectivity index (χ0) is 33.1. The number of primary amides is 1. The second-order valence-electron chi connectivity index (χ2n) is 12.0. The number of imidazole rings is 2. The lowest BCUT2D eigenvalue weighted by atomic mass is 10.1. The number of aliphatic imine (C=N–C) groups is 1. The van der Waals surface area contributed by atoms with E-state index in [2.05, 4.69) is 58.0 Å². The Morgan fingerprint density at radius 1 is 1.02 bits per heavy atom. The molecule has 3 aromatic carbocycles. The third-order valence-corrected chi connectivity index (χ3v) is 8.62. The number of H-pyrrole nitrogens is 1. The van der Waals surface area contributed by atoms with Crippen molar-refractivity contribution in [1.82, 2.24) is 24.4 Å². The molecule has 7 N–H and O–H groups in total. The number of rotatable bonds is 10. The molecule has 0 saturated carbocycles. The van der Waals surface area contributed by atoms with Crippen LogP contribution < -0.4 is 22.1 Å². The molecule has 1 aliphatic rings. The molecule has 1 fully saturated rings. The summed E-state index contributed by atoms with van der Waals surface area (Å²) in [5.41, 5.74) is 22.7. The van der Waals surface area contributed by atoms with Crippen LogP contribution in [0.5, 0.6) is 0 Å². The number of nitrogens with two attached hydrogens (primary N) is 3. The van der Waals surface area contributed by atoms with Gasteiger partial charge in [-0.2, -0.15) is 0 Å². The predicted octanol–water partition coefficient (Wildman–Crippen LogP) is 3.83. The number of carbonyl (C=O) groups excluding carboxylic acids is 2. The number of aromatic nitrogens is 4. The Bertz CT molecular complexity index is 1930. The summed E-state index contributed by atoms with van der Waals surface area (Å²) in [6.07, 6.45) is 2.60. The van der Waals surface area contributed by atoms with Crippen molar-refractivity contribution in [1.29, 1.82) is 0 Å². The van der Waals surface area contributed by atoms with E-state index in [-0.39, 0.29) is 17.9 Å². The summed E-state index contributed by atoms with van der Waals surface area (Å²) in [5.74, 6) is 0.570. The topological polar surface area (TPSA) is 178 Å². The van der Waals surface area contributed by atoms with Gasteiger partial charge in [-0.15, -0.1) is 0 Å². The maximum atomic E-state index is 13.8. The molecular weight excluding hydrogens is 592 g/mol. The fourth-order valence-corrected chi connectivity index (χ4v) is 6.32. The summed E-state index contributed by atoms with van der Waals surface area (Å²) in [7, 11) is 0. The van der Waals surface area contributed by atoms with Gasteiger partial charge in [-0.25, -0.2) is 9.97 Å². The third-order valence-electron chi connectivity index (χ3n) is 8.62. The smallest absolute Gasteiger partial charge is 0.254 e. The van der Waals surface area contributed by atoms with Crippen molar-refractivity contribution in [3.05, 3.63) is 90.1 Å². The summed E-state index contributed by atoms with van der Waals surface area (Å²) in [4.78, 5) is 48.0. The first kappa shape index (κ1) is 31.3. The van der Waals surface area contributed by atoms with Crippen LogP contribution in [0.2, 0.25) is 0 Å². The number of hydrogen-bond acceptors (Lipinski definition) is 6. The summed E-state index contributed by atoms with van der Waals surface area (Å²) in [5, 5.41) is 0. The SMILES string of the molecule is Cc1cccc(N2CCN(C(=O)c3ccc4c(c3)nc(-c3cnc(-c5ccccc5)[nH]3)n4[C@@H](CCCN=C(N)N)C(N)=O)CC2C)c1. The number of aromatic amines is 1. The number of nitrogens with one attached hydrogen (secondary N) is 1. The first-order valence-corrected chi connectivity index (χ1v) is 15.8. The number of fused-ring (bicyclic) bond motifs is 1. The summed E-state index contributed by atoms with van der Waals surface area (Å²) < 4.78 is 1.83. The number of anilines is 1. The van der Waals surface area contributed by atoms with Crippen LogP contribution in [-0.2, 0) is 4.79 Å². The van der Waals surface area contributed by atoms with Crippen molar-refractivity contribution < 1.29 is 9.59 Å². The van der Waals surface area contributed by atoms with Crippen molar-refractivity contribution in [2.75, 3.05) is 31.1 Å². The maximum Gasteiger partial charge on any atom is 0.254 e. The normalized spacial score (nSPS) is 15.5. The van der Waals surface area contributed by atoms with Crippen LogP contribution in [0.3, 0.4) is 0 Å². The molecule has 5 aromatic rings. The fraction of sp³-hybridized carbons (Fsp3) is 0.286. The molecule has 47 heavy (non-hydrogen) atoms. The van der Waals surface area contributed by atoms with Crippen LogP contribution in [-0.4, -0.2) is 74.4 Å². The lowest BCUT2D eigenvalue weighted by Crippen LogP contribution is -2.53. The van der Waals surface area contributed by atoms with Gasteiger partial charge in [0.1, 0.15) is 17.6 Å². The Morgan fingerprint density at radius 2 is 1.83 bits per heavy atom. The summed E-state index contributed by atoms with van der Waals surface area (Å²) in [6, 6.07) is 23.0. The van der Waals surface area contributed by atoms with Crippen LogP contribution >= 0.6 is 0 Å². The highest BCUT2D eigenvalue weighted by molar-refractivity contribution is 5.98. The molecule has 0 bridgehead atoms. The number of aryl methyl sites for hydroxylation is 1. The van der Waals surface area contributed by atoms with Crippen LogP contribution in [0.1, 0.15) is 41.7 Å². The minimum Gasteiger partial charge on any atom is -0.370 e. The molecule has 0 radical (unpaired) electrons. The minimum atomic E-state index is -0.746. The Kier molecular flexibility index (Phi) is 8.92. The average molecular weight is 633 g/mol. The minimum absolute atomic E-state index is 0.0107. The molecule has 12 heteroatoms. The molecule has 0 aliphatic carbocycles. The molecule has 1 unspecified atom stereocenters. The van der Waals surface area contributed by atoms with Crippen molar-refractivity contribution in [2.45, 2.75) is 38.8 Å². The Morgan fingerprint density at radius 3 is 2.55 bits per heavy atom. The highest BCUT2D eigenvalue weighted by atomic mass is 16.2. The molecule has 2 atom stereocenters. The van der Waals surface area contributed by atoms with Gasteiger partial charge in [0.15, 0.2) is 11.8 Å². The molecule has 0 spiro atoms. The number of guanidine groups is 1. The van der Waals surface area contributed by atoms with Gasteiger partial charge in [0.05, 0.1) is 17.2 Å². The standard InChI is InChI=1S/C35H40N10O2/c1-22-8-6-11-26(18-22)44-17-16-43(21-23(44)2)34(47)25-13-14-29-27(19-25)42-33(28-20-40-32(41-28)24-9-4-3-5-10-24)45(29)30(31(36)46)12-7-15-39-35(37)38/h3-6,8-11,13-14,18-20,23,30H,7,12,15-17,21H2,1-2H3,(H2,36,46)(H,40,41)(H4,37,38,39)/t23?,30-/m0/s1. The van der Waals surface area contributed by atoms with Crippen molar-refractivity contribution in [3.8, 4) is 22.9 Å². The lowest BCUT2D eigenvalue weighted by Gasteiger charge is -2.41. The maximum absolute atomic E-state index is 13.8. The molecule has 242 valence electrons. The molecule has 12 nitrogen and oxygen atoms in total. The zero-order valence-corrected chi connectivity index (χ0v) is 26.6. The number of hydrogen-bond donors (Lipinski definition) is 4. The van der Waals surface area contributed by atoms with Gasteiger partial charge in [-0.05, 0) is 62.6 Å². The Hall–Kier alpha value is -5.65. The van der Waals surface area contributed by atoms with E-state index in [1.165, 1.54) is 11.3 Å². The first-order chi connectivity index (χ1) is 22.7.